The van der Waals surface area contributed by atoms with Crippen LogP contribution in [-0.4, -0.2) is 27.1 Å². The Bertz CT molecular complexity index is 452. The minimum Gasteiger partial charge on any atom is -0.493 e. The summed E-state index contributed by atoms with van der Waals surface area (Å²) in [7, 11) is 4.59. The number of carbonyl (C=O) groups is 1. The fourth-order valence-electron chi connectivity index (χ4n) is 1.71. The number of Topliss-reactive ketones (excluding diaryl/α,β-unsaturated/α-hetero) is 1. The second kappa shape index (κ2) is 6.83. The number of hydrogen-bond acceptors (Lipinski definition) is 4. The van der Waals surface area contributed by atoms with Crippen LogP contribution >= 0.6 is 0 Å². The van der Waals surface area contributed by atoms with Crippen molar-refractivity contribution in [3.63, 3.8) is 0 Å². The van der Waals surface area contributed by atoms with E-state index in [1.807, 2.05) is 6.92 Å². The standard InChI is InChI=1S/C15H20O4/c1-10(2)6-7-12(16)11-8-13(17-3)15(19-5)14(9-11)18-4/h8-9H,1,6-7H2,2-5H3. The van der Waals surface area contributed by atoms with Gasteiger partial charge in [0.15, 0.2) is 17.3 Å². The first-order valence-electron chi connectivity index (χ1n) is 6.01. The number of rotatable bonds is 7. The fourth-order valence-corrected chi connectivity index (χ4v) is 1.71. The molecule has 0 aromatic heterocycles. The largest absolute Gasteiger partial charge is 0.493 e. The van der Waals surface area contributed by atoms with Crippen LogP contribution in [0.2, 0.25) is 0 Å². The van der Waals surface area contributed by atoms with Gasteiger partial charge in [0.2, 0.25) is 5.75 Å². The van der Waals surface area contributed by atoms with Crippen LogP contribution in [0.15, 0.2) is 24.3 Å². The molecule has 0 unspecified atom stereocenters. The molecule has 0 saturated carbocycles. The molecule has 0 aliphatic carbocycles. The Labute approximate surface area is 114 Å². The molecule has 0 bridgehead atoms. The van der Waals surface area contributed by atoms with Crippen molar-refractivity contribution >= 4 is 5.78 Å². The summed E-state index contributed by atoms with van der Waals surface area (Å²) < 4.78 is 15.7. The van der Waals surface area contributed by atoms with Crippen molar-refractivity contribution in [2.75, 3.05) is 21.3 Å². The van der Waals surface area contributed by atoms with Crippen molar-refractivity contribution < 1.29 is 19.0 Å². The van der Waals surface area contributed by atoms with Crippen molar-refractivity contribution in [3.05, 3.63) is 29.8 Å². The number of benzene rings is 1. The number of carbonyl (C=O) groups excluding carboxylic acids is 1. The molecule has 0 atom stereocenters. The molecule has 0 fully saturated rings. The number of ether oxygens (including phenoxy) is 3. The van der Waals surface area contributed by atoms with Crippen molar-refractivity contribution in [2.24, 2.45) is 0 Å². The number of ketones is 1. The van der Waals surface area contributed by atoms with Crippen LogP contribution in [0.3, 0.4) is 0 Å². The van der Waals surface area contributed by atoms with E-state index in [2.05, 4.69) is 6.58 Å². The minimum absolute atomic E-state index is 0.0299. The van der Waals surface area contributed by atoms with Crippen LogP contribution in [-0.2, 0) is 0 Å². The van der Waals surface area contributed by atoms with E-state index < -0.39 is 0 Å². The van der Waals surface area contributed by atoms with Gasteiger partial charge in [0.25, 0.3) is 0 Å². The third-order valence-corrected chi connectivity index (χ3v) is 2.77. The van der Waals surface area contributed by atoms with Crippen LogP contribution in [0.5, 0.6) is 17.2 Å². The van der Waals surface area contributed by atoms with Crippen LogP contribution < -0.4 is 14.2 Å². The van der Waals surface area contributed by atoms with Crippen LogP contribution in [0.4, 0.5) is 0 Å². The van der Waals surface area contributed by atoms with Gasteiger partial charge in [0.1, 0.15) is 0 Å². The summed E-state index contributed by atoms with van der Waals surface area (Å²) in [6.45, 7) is 5.70. The lowest BCUT2D eigenvalue weighted by molar-refractivity contribution is 0.0982. The summed E-state index contributed by atoms with van der Waals surface area (Å²) in [5.74, 6) is 1.49. The van der Waals surface area contributed by atoms with E-state index in [4.69, 9.17) is 14.2 Å². The first kappa shape index (κ1) is 15.1. The Balaban J connectivity index is 3.08. The summed E-state index contributed by atoms with van der Waals surface area (Å²) in [6, 6.07) is 3.34. The third kappa shape index (κ3) is 3.74. The Morgan fingerprint density at radius 1 is 1.05 bits per heavy atom. The molecule has 104 valence electrons. The lowest BCUT2D eigenvalue weighted by atomic mass is 10.0. The summed E-state index contributed by atoms with van der Waals surface area (Å²) in [6.07, 6.45) is 1.10. The quantitative estimate of drug-likeness (QED) is 0.560. The predicted molar refractivity (Wildman–Crippen MR) is 74.5 cm³/mol. The van der Waals surface area contributed by atoms with Gasteiger partial charge in [-0.15, -0.1) is 6.58 Å². The van der Waals surface area contributed by atoms with Gasteiger partial charge >= 0.3 is 0 Å². The molecule has 0 aliphatic heterocycles. The zero-order valence-electron chi connectivity index (χ0n) is 11.9. The normalized spacial score (nSPS) is 9.89. The Morgan fingerprint density at radius 3 is 1.95 bits per heavy atom. The first-order valence-corrected chi connectivity index (χ1v) is 6.01. The van der Waals surface area contributed by atoms with E-state index in [0.29, 0.717) is 35.7 Å². The van der Waals surface area contributed by atoms with Crippen LogP contribution in [0.25, 0.3) is 0 Å². The van der Waals surface area contributed by atoms with Gasteiger partial charge in [-0.05, 0) is 25.5 Å². The Morgan fingerprint density at radius 2 is 1.58 bits per heavy atom. The maximum atomic E-state index is 12.1. The third-order valence-electron chi connectivity index (χ3n) is 2.77. The number of methoxy groups -OCH3 is 3. The molecule has 0 N–H and O–H groups in total. The van der Waals surface area contributed by atoms with Gasteiger partial charge in [-0.1, -0.05) is 5.57 Å². The monoisotopic (exact) mass is 264 g/mol. The Kier molecular flexibility index (Phi) is 5.42. The summed E-state index contributed by atoms with van der Waals surface area (Å²) in [5.41, 5.74) is 1.54. The Hall–Kier alpha value is -1.97. The first-order chi connectivity index (χ1) is 9.03. The summed E-state index contributed by atoms with van der Waals surface area (Å²) >= 11 is 0. The molecule has 19 heavy (non-hydrogen) atoms. The van der Waals surface area contributed by atoms with Gasteiger partial charge in [0, 0.05) is 12.0 Å². The fraction of sp³-hybridized carbons (Fsp3) is 0.400. The van der Waals surface area contributed by atoms with E-state index in [1.54, 1.807) is 12.1 Å². The SMILES string of the molecule is C=C(C)CCC(=O)c1cc(OC)c(OC)c(OC)c1. The maximum Gasteiger partial charge on any atom is 0.203 e. The van der Waals surface area contributed by atoms with E-state index in [-0.39, 0.29) is 5.78 Å². The van der Waals surface area contributed by atoms with Gasteiger partial charge in [-0.3, -0.25) is 4.79 Å². The van der Waals surface area contributed by atoms with Gasteiger partial charge in [-0.2, -0.15) is 0 Å². The van der Waals surface area contributed by atoms with Gasteiger partial charge < -0.3 is 14.2 Å². The molecule has 4 heteroatoms. The van der Waals surface area contributed by atoms with Crippen molar-refractivity contribution in [2.45, 2.75) is 19.8 Å². The van der Waals surface area contributed by atoms with E-state index in [1.165, 1.54) is 21.3 Å². The molecular formula is C15H20O4. The highest BCUT2D eigenvalue weighted by Crippen LogP contribution is 2.38. The van der Waals surface area contributed by atoms with Crippen LogP contribution in [0.1, 0.15) is 30.1 Å². The van der Waals surface area contributed by atoms with Gasteiger partial charge in [0.05, 0.1) is 21.3 Å². The van der Waals surface area contributed by atoms with E-state index >= 15 is 0 Å². The topological polar surface area (TPSA) is 44.8 Å². The molecule has 0 aliphatic rings. The van der Waals surface area contributed by atoms with E-state index in [0.717, 1.165) is 5.57 Å². The number of hydrogen-bond donors (Lipinski definition) is 0. The molecule has 0 heterocycles. The average Bonchev–Trinajstić information content (AvgIpc) is 2.42. The second-order valence-electron chi connectivity index (χ2n) is 4.29. The van der Waals surface area contributed by atoms with Crippen molar-refractivity contribution in [1.82, 2.24) is 0 Å². The highest BCUT2D eigenvalue weighted by Gasteiger charge is 2.16. The predicted octanol–water partition coefficient (Wildman–Crippen LogP) is 3.25. The zero-order chi connectivity index (χ0) is 14.4. The average molecular weight is 264 g/mol. The highest BCUT2D eigenvalue weighted by atomic mass is 16.5. The van der Waals surface area contributed by atoms with Crippen molar-refractivity contribution in [3.8, 4) is 17.2 Å². The molecule has 1 aromatic rings. The molecule has 1 rings (SSSR count). The molecule has 4 nitrogen and oxygen atoms in total. The van der Waals surface area contributed by atoms with Crippen molar-refractivity contribution in [1.29, 1.82) is 0 Å². The summed E-state index contributed by atoms with van der Waals surface area (Å²) in [5, 5.41) is 0. The van der Waals surface area contributed by atoms with Gasteiger partial charge in [-0.25, -0.2) is 0 Å². The molecule has 0 saturated heterocycles. The lowest BCUT2D eigenvalue weighted by Gasteiger charge is -2.13. The second-order valence-corrected chi connectivity index (χ2v) is 4.29. The highest BCUT2D eigenvalue weighted by molar-refractivity contribution is 5.97. The molecule has 0 spiro atoms. The molecule has 0 radical (unpaired) electrons. The molecule has 0 amide bonds. The maximum absolute atomic E-state index is 12.1. The lowest BCUT2D eigenvalue weighted by Crippen LogP contribution is -2.02. The zero-order valence-corrected chi connectivity index (χ0v) is 11.9. The number of allylic oxidation sites excluding steroid dienone is 1. The molecule has 1 aromatic carbocycles. The van der Waals surface area contributed by atoms with Crippen LogP contribution in [0, 0.1) is 0 Å². The summed E-state index contributed by atoms with van der Waals surface area (Å²) in [4.78, 5) is 12.1. The minimum atomic E-state index is 0.0299. The van der Waals surface area contributed by atoms with E-state index in [9.17, 15) is 4.79 Å². The molecular weight excluding hydrogens is 244 g/mol. The smallest absolute Gasteiger partial charge is 0.203 e.